The minimum absolute atomic E-state index is 0.0174. The molecular formula is C18H19FN2O2. The van der Waals surface area contributed by atoms with Crippen molar-refractivity contribution in [1.29, 1.82) is 5.26 Å². The first-order chi connectivity index (χ1) is 11.1. The molecule has 5 heteroatoms. The number of allylic oxidation sites excluding steroid dienone is 2. The summed E-state index contributed by atoms with van der Waals surface area (Å²) in [6.45, 7) is 1.31. The molecule has 0 bridgehead atoms. The molecule has 1 aromatic carbocycles. The zero-order valence-corrected chi connectivity index (χ0v) is 13.0. The standard InChI is InChI=1S/C18H19FN2O2/c1-22-18(19)9-15(14-5-3-2-4-6-14)7-8-16(18)12-23-17-10-21(11-17)13-20/h2-8,17H,9-12H2,1H3. The summed E-state index contributed by atoms with van der Waals surface area (Å²) >= 11 is 0. The van der Waals surface area contributed by atoms with Crippen LogP contribution in [-0.2, 0) is 9.47 Å². The maximum Gasteiger partial charge on any atom is 0.237 e. The maximum atomic E-state index is 15.1. The number of benzene rings is 1. The van der Waals surface area contributed by atoms with Gasteiger partial charge in [-0.3, -0.25) is 0 Å². The maximum absolute atomic E-state index is 15.1. The van der Waals surface area contributed by atoms with E-state index < -0.39 is 5.85 Å². The summed E-state index contributed by atoms with van der Waals surface area (Å²) in [5.74, 6) is -1.85. The largest absolute Gasteiger partial charge is 0.370 e. The molecule has 0 aromatic heterocycles. The number of halogens is 1. The van der Waals surface area contributed by atoms with E-state index in [9.17, 15) is 0 Å². The van der Waals surface area contributed by atoms with Gasteiger partial charge in [-0.05, 0) is 11.1 Å². The van der Waals surface area contributed by atoms with Crippen LogP contribution in [0, 0.1) is 11.5 Å². The van der Waals surface area contributed by atoms with Crippen LogP contribution in [0.1, 0.15) is 12.0 Å². The summed E-state index contributed by atoms with van der Waals surface area (Å²) in [7, 11) is 1.38. The topological polar surface area (TPSA) is 45.5 Å². The Morgan fingerprint density at radius 2 is 2.04 bits per heavy atom. The smallest absolute Gasteiger partial charge is 0.237 e. The number of rotatable bonds is 5. The van der Waals surface area contributed by atoms with Crippen molar-refractivity contribution in [3.63, 3.8) is 0 Å². The van der Waals surface area contributed by atoms with E-state index in [0.717, 1.165) is 11.1 Å². The Morgan fingerprint density at radius 3 is 2.70 bits per heavy atom. The van der Waals surface area contributed by atoms with E-state index in [2.05, 4.69) is 6.19 Å². The van der Waals surface area contributed by atoms with E-state index >= 15 is 4.39 Å². The third-order valence-electron chi connectivity index (χ3n) is 4.32. The Hall–Kier alpha value is -2.16. The van der Waals surface area contributed by atoms with E-state index in [1.165, 1.54) is 7.11 Å². The molecule has 120 valence electrons. The molecule has 3 rings (SSSR count). The third-order valence-corrected chi connectivity index (χ3v) is 4.32. The lowest BCUT2D eigenvalue weighted by Crippen LogP contribution is -2.50. The van der Waals surface area contributed by atoms with Crippen molar-refractivity contribution in [3.8, 4) is 6.19 Å². The van der Waals surface area contributed by atoms with Crippen molar-refractivity contribution in [3.05, 3.63) is 53.6 Å². The van der Waals surface area contributed by atoms with Crippen LogP contribution < -0.4 is 0 Å². The van der Waals surface area contributed by atoms with Crippen LogP contribution in [0.2, 0.25) is 0 Å². The van der Waals surface area contributed by atoms with Gasteiger partial charge in [-0.15, -0.1) is 0 Å². The molecule has 1 aliphatic carbocycles. The van der Waals surface area contributed by atoms with Gasteiger partial charge in [0.2, 0.25) is 5.85 Å². The van der Waals surface area contributed by atoms with E-state index in [-0.39, 0.29) is 19.1 Å². The number of hydrogen-bond acceptors (Lipinski definition) is 4. The molecule has 1 aliphatic heterocycles. The summed E-state index contributed by atoms with van der Waals surface area (Å²) in [5.41, 5.74) is 2.37. The van der Waals surface area contributed by atoms with E-state index in [1.807, 2.05) is 36.4 Å². The van der Waals surface area contributed by atoms with E-state index in [1.54, 1.807) is 11.0 Å². The molecule has 1 atom stereocenters. The minimum Gasteiger partial charge on any atom is -0.370 e. The summed E-state index contributed by atoms with van der Waals surface area (Å²) < 4.78 is 26.0. The Bertz CT molecular complexity index is 659. The number of hydrogen-bond donors (Lipinski definition) is 0. The molecule has 0 radical (unpaired) electrons. The van der Waals surface area contributed by atoms with E-state index in [4.69, 9.17) is 14.7 Å². The van der Waals surface area contributed by atoms with Crippen molar-refractivity contribution < 1.29 is 13.9 Å². The molecule has 1 fully saturated rings. The Labute approximate surface area is 135 Å². The molecule has 1 saturated heterocycles. The lowest BCUT2D eigenvalue weighted by Gasteiger charge is -2.36. The summed E-state index contributed by atoms with van der Waals surface area (Å²) in [4.78, 5) is 1.60. The highest BCUT2D eigenvalue weighted by Crippen LogP contribution is 2.38. The number of nitrogens with zero attached hydrogens (tertiary/aromatic N) is 2. The monoisotopic (exact) mass is 314 g/mol. The van der Waals surface area contributed by atoms with Crippen molar-refractivity contribution in [1.82, 2.24) is 4.90 Å². The lowest BCUT2D eigenvalue weighted by atomic mass is 9.89. The highest BCUT2D eigenvalue weighted by molar-refractivity contribution is 5.70. The summed E-state index contributed by atoms with van der Waals surface area (Å²) in [6.07, 6.45) is 5.87. The Morgan fingerprint density at radius 1 is 1.30 bits per heavy atom. The first-order valence-electron chi connectivity index (χ1n) is 7.60. The molecule has 0 saturated carbocycles. The Kier molecular flexibility index (Phi) is 4.46. The number of alkyl halides is 1. The third kappa shape index (κ3) is 3.29. The quantitative estimate of drug-likeness (QED) is 0.784. The molecule has 4 nitrogen and oxygen atoms in total. The van der Waals surface area contributed by atoms with Crippen LogP contribution in [0.5, 0.6) is 0 Å². The molecule has 2 aliphatic rings. The molecular weight excluding hydrogens is 295 g/mol. The number of nitriles is 1. The van der Waals surface area contributed by atoms with Crippen LogP contribution in [-0.4, -0.2) is 43.7 Å². The van der Waals surface area contributed by atoms with Gasteiger partial charge in [0.15, 0.2) is 6.19 Å². The van der Waals surface area contributed by atoms with Crippen LogP contribution in [0.4, 0.5) is 4.39 Å². The van der Waals surface area contributed by atoms with Gasteiger partial charge in [0, 0.05) is 19.1 Å². The molecule has 0 N–H and O–H groups in total. The Balaban J connectivity index is 1.69. The molecule has 23 heavy (non-hydrogen) atoms. The highest BCUT2D eigenvalue weighted by atomic mass is 19.2. The van der Waals surface area contributed by atoms with Crippen LogP contribution in [0.3, 0.4) is 0 Å². The average Bonchev–Trinajstić information content (AvgIpc) is 2.55. The molecule has 0 amide bonds. The van der Waals surface area contributed by atoms with Crippen molar-refractivity contribution in [2.75, 3.05) is 26.8 Å². The first-order valence-corrected chi connectivity index (χ1v) is 7.60. The van der Waals surface area contributed by atoms with E-state index in [0.29, 0.717) is 18.7 Å². The fourth-order valence-corrected chi connectivity index (χ4v) is 2.79. The molecule has 1 heterocycles. The normalized spacial score (nSPS) is 24.5. The lowest BCUT2D eigenvalue weighted by molar-refractivity contribution is -0.102. The van der Waals surface area contributed by atoms with Gasteiger partial charge in [-0.2, -0.15) is 5.26 Å². The van der Waals surface area contributed by atoms with Crippen molar-refractivity contribution >= 4 is 5.57 Å². The van der Waals surface area contributed by atoms with Crippen molar-refractivity contribution in [2.24, 2.45) is 0 Å². The van der Waals surface area contributed by atoms with Gasteiger partial charge < -0.3 is 14.4 Å². The van der Waals surface area contributed by atoms with Crippen LogP contribution >= 0.6 is 0 Å². The average molecular weight is 314 g/mol. The predicted octanol–water partition coefficient (Wildman–Crippen LogP) is 2.89. The zero-order valence-electron chi connectivity index (χ0n) is 13.0. The zero-order chi connectivity index (χ0) is 16.3. The second-order valence-corrected chi connectivity index (χ2v) is 5.80. The van der Waals surface area contributed by atoms with Crippen molar-refractivity contribution in [2.45, 2.75) is 18.4 Å². The SMILES string of the molecule is COC1(F)CC(c2ccccc2)=CC=C1COC1CN(C#N)C1. The van der Waals surface area contributed by atoms with Crippen LogP contribution in [0.15, 0.2) is 48.1 Å². The molecule has 1 unspecified atom stereocenters. The van der Waals surface area contributed by atoms with Gasteiger partial charge in [0.1, 0.15) is 0 Å². The minimum atomic E-state index is -1.85. The van der Waals surface area contributed by atoms with Gasteiger partial charge in [-0.25, -0.2) is 4.39 Å². The van der Waals surface area contributed by atoms with Gasteiger partial charge >= 0.3 is 0 Å². The number of ether oxygens (including phenoxy) is 2. The van der Waals surface area contributed by atoms with Gasteiger partial charge in [0.25, 0.3) is 0 Å². The first kappa shape index (κ1) is 15.7. The highest BCUT2D eigenvalue weighted by Gasteiger charge is 2.38. The number of methoxy groups -OCH3 is 1. The number of likely N-dealkylation sites (tertiary alicyclic amines) is 1. The second-order valence-electron chi connectivity index (χ2n) is 5.80. The fraction of sp³-hybridized carbons (Fsp3) is 0.389. The predicted molar refractivity (Wildman–Crippen MR) is 84.9 cm³/mol. The second kappa shape index (κ2) is 6.53. The fourth-order valence-electron chi connectivity index (χ4n) is 2.79. The molecule has 0 spiro atoms. The van der Waals surface area contributed by atoms with Gasteiger partial charge in [-0.1, -0.05) is 42.5 Å². The molecule has 1 aromatic rings. The van der Waals surface area contributed by atoms with Gasteiger partial charge in [0.05, 0.1) is 25.8 Å². The summed E-state index contributed by atoms with van der Waals surface area (Å²) in [6, 6.07) is 9.72. The van der Waals surface area contributed by atoms with Crippen LogP contribution in [0.25, 0.3) is 5.57 Å². The summed E-state index contributed by atoms with van der Waals surface area (Å²) in [5, 5.41) is 8.70.